The summed E-state index contributed by atoms with van der Waals surface area (Å²) >= 11 is 0. The molecule has 90 valence electrons. The van der Waals surface area contributed by atoms with E-state index in [0.717, 1.165) is 18.9 Å². The second-order valence-corrected chi connectivity index (χ2v) is 4.86. The molecule has 2 rings (SSSR count). The van der Waals surface area contributed by atoms with Crippen molar-refractivity contribution in [2.75, 3.05) is 6.54 Å². The van der Waals surface area contributed by atoms with Crippen molar-refractivity contribution < 1.29 is 0 Å². The van der Waals surface area contributed by atoms with Crippen molar-refractivity contribution in [3.8, 4) is 0 Å². The highest BCUT2D eigenvalue weighted by molar-refractivity contribution is 5.06. The van der Waals surface area contributed by atoms with E-state index in [4.69, 9.17) is 0 Å². The summed E-state index contributed by atoms with van der Waals surface area (Å²) < 4.78 is 2.01. The number of nitrogens with one attached hydrogen (secondary N) is 1. The molecule has 1 N–H and O–H groups in total. The number of piperidine rings is 1. The lowest BCUT2D eigenvalue weighted by Crippen LogP contribution is -2.39. The van der Waals surface area contributed by atoms with E-state index in [1.54, 1.807) is 0 Å². The van der Waals surface area contributed by atoms with Gasteiger partial charge in [-0.15, -0.1) is 0 Å². The van der Waals surface area contributed by atoms with Crippen LogP contribution in [-0.2, 0) is 13.0 Å². The molecule has 1 aliphatic rings. The van der Waals surface area contributed by atoms with Gasteiger partial charge in [-0.05, 0) is 44.2 Å². The zero-order valence-corrected chi connectivity index (χ0v) is 10.4. The maximum Gasteiger partial charge on any atom is 0.0522 e. The van der Waals surface area contributed by atoms with Crippen LogP contribution in [0.1, 0.15) is 38.7 Å². The highest BCUT2D eigenvalue weighted by Gasteiger charge is 2.20. The van der Waals surface area contributed by atoms with Crippen LogP contribution in [0.5, 0.6) is 0 Å². The highest BCUT2D eigenvalue weighted by atomic mass is 15.3. The largest absolute Gasteiger partial charge is 0.314 e. The lowest BCUT2D eigenvalue weighted by atomic mass is 9.88. The maximum absolute atomic E-state index is 4.33. The Hall–Kier alpha value is -0.830. The van der Waals surface area contributed by atoms with Gasteiger partial charge in [0.05, 0.1) is 6.20 Å². The third-order valence-electron chi connectivity index (χ3n) is 3.67. The van der Waals surface area contributed by atoms with Gasteiger partial charge in [-0.25, -0.2) is 0 Å². The zero-order valence-electron chi connectivity index (χ0n) is 10.4. The fraction of sp³-hybridized carbons (Fsp3) is 0.769. The molecule has 0 amide bonds. The van der Waals surface area contributed by atoms with Crippen LogP contribution in [0.25, 0.3) is 0 Å². The topological polar surface area (TPSA) is 29.9 Å². The van der Waals surface area contributed by atoms with E-state index in [1.165, 1.54) is 31.4 Å². The van der Waals surface area contributed by atoms with Crippen molar-refractivity contribution in [1.82, 2.24) is 15.1 Å². The molecule has 16 heavy (non-hydrogen) atoms. The first-order valence-corrected chi connectivity index (χ1v) is 6.56. The molecule has 1 aliphatic heterocycles. The summed E-state index contributed by atoms with van der Waals surface area (Å²) in [4.78, 5) is 0. The zero-order chi connectivity index (χ0) is 11.4. The Labute approximate surface area is 98.2 Å². The maximum atomic E-state index is 4.33. The summed E-state index contributed by atoms with van der Waals surface area (Å²) in [5, 5.41) is 7.95. The SMILES string of the molecule is CCC1CCNC(Cc2cnn(CC)c2)C1. The van der Waals surface area contributed by atoms with E-state index in [-0.39, 0.29) is 0 Å². The van der Waals surface area contributed by atoms with E-state index >= 15 is 0 Å². The molecule has 1 saturated heterocycles. The molecule has 2 heterocycles. The second-order valence-electron chi connectivity index (χ2n) is 4.86. The Balaban J connectivity index is 1.88. The number of aryl methyl sites for hydroxylation is 1. The van der Waals surface area contributed by atoms with Crippen molar-refractivity contribution >= 4 is 0 Å². The van der Waals surface area contributed by atoms with Crippen LogP contribution in [0, 0.1) is 5.92 Å². The smallest absolute Gasteiger partial charge is 0.0522 e. The molecule has 1 fully saturated rings. The van der Waals surface area contributed by atoms with Crippen LogP contribution in [0.3, 0.4) is 0 Å². The molecular formula is C13H23N3. The van der Waals surface area contributed by atoms with Crippen LogP contribution in [0.15, 0.2) is 12.4 Å². The quantitative estimate of drug-likeness (QED) is 0.845. The minimum Gasteiger partial charge on any atom is -0.314 e. The average molecular weight is 221 g/mol. The van der Waals surface area contributed by atoms with Crippen molar-refractivity contribution in [2.45, 2.75) is 52.1 Å². The number of hydrogen-bond donors (Lipinski definition) is 1. The van der Waals surface area contributed by atoms with E-state index in [9.17, 15) is 0 Å². The minimum absolute atomic E-state index is 0.660. The predicted molar refractivity (Wildman–Crippen MR) is 66.4 cm³/mol. The van der Waals surface area contributed by atoms with E-state index in [2.05, 4.69) is 30.5 Å². The third-order valence-corrected chi connectivity index (χ3v) is 3.67. The first-order chi connectivity index (χ1) is 7.81. The molecule has 3 nitrogen and oxygen atoms in total. The highest BCUT2D eigenvalue weighted by Crippen LogP contribution is 2.21. The number of rotatable bonds is 4. The number of nitrogens with zero attached hydrogens (tertiary/aromatic N) is 2. The van der Waals surface area contributed by atoms with Crippen molar-refractivity contribution in [3.63, 3.8) is 0 Å². The molecular weight excluding hydrogens is 198 g/mol. The van der Waals surface area contributed by atoms with Gasteiger partial charge in [-0.1, -0.05) is 13.3 Å². The second kappa shape index (κ2) is 5.48. The molecule has 0 radical (unpaired) electrons. The summed E-state index contributed by atoms with van der Waals surface area (Å²) in [6.45, 7) is 6.59. The standard InChI is InChI=1S/C13H23N3/c1-3-11-5-6-14-13(7-11)8-12-9-15-16(4-2)10-12/h9-11,13-14H,3-8H2,1-2H3. The minimum atomic E-state index is 0.660. The molecule has 2 atom stereocenters. The van der Waals surface area contributed by atoms with Crippen molar-refractivity contribution in [3.05, 3.63) is 18.0 Å². The van der Waals surface area contributed by atoms with E-state index in [1.807, 2.05) is 10.9 Å². The fourth-order valence-corrected chi connectivity index (χ4v) is 2.59. The molecule has 3 heteroatoms. The van der Waals surface area contributed by atoms with Crippen molar-refractivity contribution in [1.29, 1.82) is 0 Å². The number of aromatic nitrogens is 2. The first-order valence-electron chi connectivity index (χ1n) is 6.56. The van der Waals surface area contributed by atoms with E-state index in [0.29, 0.717) is 6.04 Å². The Kier molecular flexibility index (Phi) is 3.99. The Morgan fingerprint density at radius 1 is 1.50 bits per heavy atom. The summed E-state index contributed by atoms with van der Waals surface area (Å²) in [6, 6.07) is 0.660. The first kappa shape index (κ1) is 11.6. The lowest BCUT2D eigenvalue weighted by molar-refractivity contribution is 0.294. The Morgan fingerprint density at radius 2 is 2.38 bits per heavy atom. The van der Waals surface area contributed by atoms with Gasteiger partial charge in [-0.2, -0.15) is 5.10 Å². The molecule has 2 unspecified atom stereocenters. The lowest BCUT2D eigenvalue weighted by Gasteiger charge is -2.29. The summed E-state index contributed by atoms with van der Waals surface area (Å²) in [6.07, 6.45) is 9.33. The summed E-state index contributed by atoms with van der Waals surface area (Å²) in [5.41, 5.74) is 1.37. The summed E-state index contributed by atoms with van der Waals surface area (Å²) in [5.74, 6) is 0.924. The van der Waals surface area contributed by atoms with Crippen LogP contribution in [0.2, 0.25) is 0 Å². The Morgan fingerprint density at radius 3 is 3.06 bits per heavy atom. The van der Waals surface area contributed by atoms with Gasteiger partial charge in [0.25, 0.3) is 0 Å². The number of hydrogen-bond acceptors (Lipinski definition) is 2. The molecule has 0 bridgehead atoms. The van der Waals surface area contributed by atoms with Crippen LogP contribution in [0.4, 0.5) is 0 Å². The molecule has 0 spiro atoms. The average Bonchev–Trinajstić information content (AvgIpc) is 2.77. The van der Waals surface area contributed by atoms with Gasteiger partial charge >= 0.3 is 0 Å². The van der Waals surface area contributed by atoms with Gasteiger partial charge in [0.1, 0.15) is 0 Å². The summed E-state index contributed by atoms with van der Waals surface area (Å²) in [7, 11) is 0. The molecule has 1 aromatic heterocycles. The van der Waals surface area contributed by atoms with Gasteiger partial charge in [0.2, 0.25) is 0 Å². The van der Waals surface area contributed by atoms with Gasteiger partial charge in [-0.3, -0.25) is 4.68 Å². The van der Waals surface area contributed by atoms with Crippen LogP contribution >= 0.6 is 0 Å². The van der Waals surface area contributed by atoms with Crippen LogP contribution in [-0.4, -0.2) is 22.4 Å². The van der Waals surface area contributed by atoms with Crippen LogP contribution < -0.4 is 5.32 Å². The third kappa shape index (κ3) is 2.85. The normalized spacial score (nSPS) is 25.9. The van der Waals surface area contributed by atoms with Crippen molar-refractivity contribution in [2.24, 2.45) is 5.92 Å². The fourth-order valence-electron chi connectivity index (χ4n) is 2.59. The van der Waals surface area contributed by atoms with E-state index < -0.39 is 0 Å². The van der Waals surface area contributed by atoms with Gasteiger partial charge in [0, 0.05) is 18.8 Å². The predicted octanol–water partition coefficient (Wildman–Crippen LogP) is 2.22. The monoisotopic (exact) mass is 221 g/mol. The molecule has 1 aromatic rings. The van der Waals surface area contributed by atoms with Gasteiger partial charge < -0.3 is 5.32 Å². The molecule has 0 aromatic carbocycles. The molecule has 0 aliphatic carbocycles. The van der Waals surface area contributed by atoms with Gasteiger partial charge in [0.15, 0.2) is 0 Å². The molecule has 0 saturated carbocycles. The Bertz CT molecular complexity index is 319.